The molecule has 0 saturated heterocycles. The van der Waals surface area contributed by atoms with E-state index in [0.717, 1.165) is 31.6 Å². The van der Waals surface area contributed by atoms with E-state index < -0.39 is 0 Å². The summed E-state index contributed by atoms with van der Waals surface area (Å²) in [4.78, 5) is 0. The summed E-state index contributed by atoms with van der Waals surface area (Å²) in [6, 6.07) is 17.9. The average molecular weight is 510 g/mol. The molecular formula is C18H16ClN3OW. The monoisotopic (exact) mass is 509 g/mol. The molecule has 0 atom stereocenters. The Bertz CT molecular complexity index is 848. The summed E-state index contributed by atoms with van der Waals surface area (Å²) in [5.41, 5.74) is 3.92. The van der Waals surface area contributed by atoms with Crippen LogP contribution in [0.3, 0.4) is 0 Å². The molecule has 6 heteroatoms. The van der Waals surface area contributed by atoms with E-state index in [9.17, 15) is 0 Å². The van der Waals surface area contributed by atoms with Gasteiger partial charge in [-0.25, -0.2) is 0 Å². The molecular weight excluding hydrogens is 494 g/mol. The third-order valence-corrected chi connectivity index (χ3v) is 4.83. The number of halogens is 1. The number of hydrogen-bond acceptors (Lipinski definition) is 3. The van der Waals surface area contributed by atoms with Gasteiger partial charge >= 0.3 is 157 Å². The van der Waals surface area contributed by atoms with E-state index in [1.54, 1.807) is 0 Å². The first kappa shape index (κ1) is 17.2. The van der Waals surface area contributed by atoms with Crippen LogP contribution >= 0.6 is 11.6 Å². The van der Waals surface area contributed by atoms with Crippen LogP contribution in [0.25, 0.3) is 11.3 Å². The van der Waals surface area contributed by atoms with Crippen LogP contribution in [0.15, 0.2) is 54.6 Å². The van der Waals surface area contributed by atoms with Crippen molar-refractivity contribution >= 4 is 15.7 Å². The van der Waals surface area contributed by atoms with Crippen molar-refractivity contribution in [1.82, 2.24) is 15.0 Å². The third-order valence-electron chi connectivity index (χ3n) is 3.47. The SMILES string of the molecule is CCO[C](=[W])c1nnn(Cc2cccc(Cl)c2)c1-c1ccccc1. The molecule has 3 rings (SSSR count). The molecule has 0 spiro atoms. The zero-order chi connectivity index (χ0) is 16.9. The summed E-state index contributed by atoms with van der Waals surface area (Å²) in [7, 11) is 0. The van der Waals surface area contributed by atoms with E-state index in [4.69, 9.17) is 16.3 Å². The summed E-state index contributed by atoms with van der Waals surface area (Å²) in [5, 5.41) is 9.44. The van der Waals surface area contributed by atoms with Crippen LogP contribution in [0, 0.1) is 0 Å². The van der Waals surface area contributed by atoms with Crippen molar-refractivity contribution in [3.05, 3.63) is 70.9 Å². The van der Waals surface area contributed by atoms with E-state index >= 15 is 0 Å². The molecule has 1 heterocycles. The summed E-state index contributed by atoms with van der Waals surface area (Å²) >= 11 is 7.33. The number of aromatic nitrogens is 3. The second-order valence-corrected chi connectivity index (χ2v) is 6.93. The first-order valence-corrected chi connectivity index (χ1v) is 9.44. The second-order valence-electron chi connectivity index (χ2n) is 5.16. The summed E-state index contributed by atoms with van der Waals surface area (Å²) in [6.07, 6.45) is 0. The first-order valence-electron chi connectivity index (χ1n) is 7.59. The molecule has 0 N–H and O–H groups in total. The molecule has 4 nitrogen and oxygen atoms in total. The van der Waals surface area contributed by atoms with Crippen LogP contribution in [0.1, 0.15) is 18.2 Å². The van der Waals surface area contributed by atoms with Crippen molar-refractivity contribution in [2.45, 2.75) is 13.5 Å². The minimum absolute atomic E-state index is 0.604. The van der Waals surface area contributed by atoms with Gasteiger partial charge in [0.15, 0.2) is 0 Å². The van der Waals surface area contributed by atoms with Crippen LogP contribution in [-0.4, -0.2) is 25.7 Å². The quantitative estimate of drug-likeness (QED) is 0.509. The summed E-state index contributed by atoms with van der Waals surface area (Å²) in [6.45, 7) is 3.20. The molecule has 1 aromatic heterocycles. The topological polar surface area (TPSA) is 39.9 Å². The maximum absolute atomic E-state index is 6.10. The van der Waals surface area contributed by atoms with Gasteiger partial charge in [-0.05, 0) is 0 Å². The van der Waals surface area contributed by atoms with Gasteiger partial charge in [0, 0.05) is 0 Å². The Morgan fingerprint density at radius 3 is 2.67 bits per heavy atom. The Hall–Kier alpha value is -1.61. The molecule has 0 amide bonds. The Balaban J connectivity index is 2.04. The van der Waals surface area contributed by atoms with E-state index in [1.165, 1.54) is 19.4 Å². The molecule has 0 aliphatic carbocycles. The average Bonchev–Trinajstić information content (AvgIpc) is 2.99. The van der Waals surface area contributed by atoms with Crippen molar-refractivity contribution in [3.63, 3.8) is 0 Å². The fourth-order valence-corrected chi connectivity index (χ4v) is 3.58. The molecule has 0 bridgehead atoms. The van der Waals surface area contributed by atoms with Crippen molar-refractivity contribution in [1.29, 1.82) is 0 Å². The number of ether oxygens (including phenoxy) is 1. The molecule has 0 saturated carbocycles. The molecule has 0 fully saturated rings. The number of hydrogen-bond donors (Lipinski definition) is 0. The van der Waals surface area contributed by atoms with E-state index in [-0.39, 0.29) is 0 Å². The van der Waals surface area contributed by atoms with Crippen molar-refractivity contribution in [2.75, 3.05) is 6.61 Å². The van der Waals surface area contributed by atoms with Crippen LogP contribution in [0.2, 0.25) is 5.02 Å². The first-order chi connectivity index (χ1) is 11.7. The molecule has 122 valence electrons. The van der Waals surface area contributed by atoms with Gasteiger partial charge in [-0.2, -0.15) is 0 Å². The zero-order valence-electron chi connectivity index (χ0n) is 13.1. The van der Waals surface area contributed by atoms with Crippen molar-refractivity contribution in [2.24, 2.45) is 0 Å². The van der Waals surface area contributed by atoms with Crippen LogP contribution < -0.4 is 0 Å². The normalized spacial score (nSPS) is 10.8. The van der Waals surface area contributed by atoms with Gasteiger partial charge < -0.3 is 0 Å². The van der Waals surface area contributed by atoms with Gasteiger partial charge in [0.1, 0.15) is 0 Å². The molecule has 3 aromatic rings. The minimum atomic E-state index is 0.604. The molecule has 0 radical (unpaired) electrons. The standard InChI is InChI=1S/C18H16ClN3O.W/c1-2-23-13-17-18(15-8-4-3-5-9-15)22(21-20-17)12-14-7-6-10-16(19)11-14;/h3-11H,2,12H2,1H3;. The van der Waals surface area contributed by atoms with Crippen molar-refractivity contribution < 1.29 is 24.1 Å². The number of nitrogens with zero attached hydrogens (tertiary/aromatic N) is 3. The van der Waals surface area contributed by atoms with Gasteiger partial charge in [-0.1, -0.05) is 0 Å². The Morgan fingerprint density at radius 2 is 1.96 bits per heavy atom. The Kier molecular flexibility index (Phi) is 5.72. The third kappa shape index (κ3) is 3.89. The molecule has 0 aliphatic heterocycles. The summed E-state index contributed by atoms with van der Waals surface area (Å²) < 4.78 is 8.45. The van der Waals surface area contributed by atoms with Gasteiger partial charge in [0.2, 0.25) is 0 Å². The predicted molar refractivity (Wildman–Crippen MR) is 91.7 cm³/mol. The van der Waals surface area contributed by atoms with Crippen LogP contribution in [-0.2, 0) is 30.6 Å². The Morgan fingerprint density at radius 1 is 1.17 bits per heavy atom. The van der Waals surface area contributed by atoms with Gasteiger partial charge in [0.25, 0.3) is 0 Å². The summed E-state index contributed by atoms with van der Waals surface area (Å²) in [5.74, 6) is 0. The fourth-order valence-electron chi connectivity index (χ4n) is 2.45. The van der Waals surface area contributed by atoms with E-state index in [2.05, 4.69) is 22.4 Å². The fraction of sp³-hybridized carbons (Fsp3) is 0.167. The number of benzene rings is 2. The maximum atomic E-state index is 6.10. The molecule has 0 unspecified atom stereocenters. The van der Waals surface area contributed by atoms with Crippen LogP contribution in [0.5, 0.6) is 0 Å². The van der Waals surface area contributed by atoms with Gasteiger partial charge in [-0.3, -0.25) is 0 Å². The second kappa shape index (κ2) is 7.98. The Labute approximate surface area is 156 Å². The molecule has 24 heavy (non-hydrogen) atoms. The van der Waals surface area contributed by atoms with Gasteiger partial charge in [-0.15, -0.1) is 0 Å². The van der Waals surface area contributed by atoms with Crippen molar-refractivity contribution in [3.8, 4) is 11.3 Å². The number of rotatable bonds is 6. The van der Waals surface area contributed by atoms with E-state index in [1.807, 2.05) is 54.1 Å². The molecule has 2 aromatic carbocycles. The predicted octanol–water partition coefficient (Wildman–Crippen LogP) is 3.71. The van der Waals surface area contributed by atoms with Gasteiger partial charge in [0.05, 0.1) is 0 Å². The van der Waals surface area contributed by atoms with Crippen LogP contribution in [0.4, 0.5) is 0 Å². The van der Waals surface area contributed by atoms with E-state index in [0.29, 0.717) is 13.2 Å². The molecule has 0 aliphatic rings. The zero-order valence-corrected chi connectivity index (χ0v) is 16.8.